The second-order valence-electron chi connectivity index (χ2n) is 5.03. The van der Waals surface area contributed by atoms with E-state index in [0.717, 1.165) is 9.48 Å². The van der Waals surface area contributed by atoms with Gasteiger partial charge in [0.1, 0.15) is 0 Å². The zero-order valence-electron chi connectivity index (χ0n) is 11.6. The fourth-order valence-electron chi connectivity index (χ4n) is 1.35. The number of rotatable bonds is 4. The molecule has 1 unspecified atom stereocenters. The van der Waals surface area contributed by atoms with Crippen LogP contribution in [0.2, 0.25) is 0 Å². The van der Waals surface area contributed by atoms with Crippen LogP contribution in [-0.2, 0) is 16.1 Å². The molecule has 116 valence electrons. The van der Waals surface area contributed by atoms with E-state index in [1.54, 1.807) is 6.19 Å². The molecule has 1 aromatic rings. The first kappa shape index (κ1) is 18.3. The first-order valence-electron chi connectivity index (χ1n) is 5.84. The van der Waals surface area contributed by atoms with E-state index in [1.165, 1.54) is 11.3 Å². The van der Waals surface area contributed by atoms with Gasteiger partial charge in [-0.15, -0.1) is 4.36 Å². The van der Waals surface area contributed by atoms with Crippen LogP contribution in [0.1, 0.15) is 32.9 Å². The summed E-state index contributed by atoms with van der Waals surface area (Å²) >= 11 is 4.70. The molecule has 0 N–H and O–H groups in total. The van der Waals surface area contributed by atoms with Crippen molar-refractivity contribution in [3.8, 4) is 6.19 Å². The molecular weight excluding hydrogens is 387 g/mol. The summed E-state index contributed by atoms with van der Waals surface area (Å²) in [6, 6.07) is 0. The molecule has 0 aromatic carbocycles. The number of thiazole rings is 1. The van der Waals surface area contributed by atoms with E-state index in [-0.39, 0.29) is 11.2 Å². The van der Waals surface area contributed by atoms with Crippen LogP contribution >= 0.6 is 27.3 Å². The van der Waals surface area contributed by atoms with Gasteiger partial charge in [0.05, 0.1) is 9.48 Å². The molecule has 0 spiro atoms. The fraction of sp³-hybridized carbons (Fsp3) is 0.500. The van der Waals surface area contributed by atoms with Crippen LogP contribution in [0.3, 0.4) is 0 Å². The Bertz CT molecular complexity index is 623. The highest BCUT2D eigenvalue weighted by molar-refractivity contribution is 9.11. The maximum Gasteiger partial charge on any atom is 0.301 e. The summed E-state index contributed by atoms with van der Waals surface area (Å²) < 4.78 is 42.1. The van der Waals surface area contributed by atoms with E-state index >= 15 is 0 Å². The highest BCUT2D eigenvalue weighted by Gasteiger charge is 2.23. The lowest BCUT2D eigenvalue weighted by molar-refractivity contribution is 0.373. The molecule has 0 amide bonds. The third-order valence-electron chi connectivity index (χ3n) is 2.35. The van der Waals surface area contributed by atoms with Crippen molar-refractivity contribution < 1.29 is 13.2 Å². The Morgan fingerprint density at radius 3 is 2.48 bits per heavy atom. The van der Waals surface area contributed by atoms with Crippen molar-refractivity contribution in [1.82, 2.24) is 4.98 Å². The lowest BCUT2D eigenvalue weighted by atomic mass is 9.93. The predicted octanol–water partition coefficient (Wildman–Crippen LogP) is 5.31. The summed E-state index contributed by atoms with van der Waals surface area (Å²) in [5, 5.41) is 8.71. The summed E-state index contributed by atoms with van der Waals surface area (Å²) in [7, 11) is -1.02. The molecule has 0 aliphatic heterocycles. The molecule has 1 atom stereocenters. The van der Waals surface area contributed by atoms with Crippen molar-refractivity contribution in [2.45, 2.75) is 36.9 Å². The zero-order valence-corrected chi connectivity index (χ0v) is 14.8. The number of allylic oxidation sites excluding steroid dienone is 1. The van der Waals surface area contributed by atoms with Gasteiger partial charge in [-0.1, -0.05) is 32.1 Å². The molecule has 0 bridgehead atoms. The van der Waals surface area contributed by atoms with Gasteiger partial charge in [0, 0.05) is 17.6 Å². The van der Waals surface area contributed by atoms with E-state index in [0.29, 0.717) is 4.34 Å². The van der Waals surface area contributed by atoms with Crippen LogP contribution in [-0.4, -0.2) is 10.7 Å². The van der Waals surface area contributed by atoms with Gasteiger partial charge in [-0.25, -0.2) is 9.37 Å². The molecule has 1 aromatic heterocycles. The lowest BCUT2D eigenvalue weighted by Crippen LogP contribution is -2.12. The van der Waals surface area contributed by atoms with Gasteiger partial charge < -0.3 is 0 Å². The fourth-order valence-corrected chi connectivity index (χ4v) is 5.56. The highest BCUT2D eigenvalue weighted by atomic mass is 79.9. The van der Waals surface area contributed by atoms with E-state index in [4.69, 9.17) is 5.26 Å². The molecule has 1 rings (SSSR count). The first-order valence-corrected chi connectivity index (χ1v) is 8.80. The van der Waals surface area contributed by atoms with Gasteiger partial charge in [-0.05, 0) is 26.6 Å². The van der Waals surface area contributed by atoms with Crippen molar-refractivity contribution in [1.29, 1.82) is 5.26 Å². The third kappa shape index (κ3) is 5.20. The van der Waals surface area contributed by atoms with Crippen LogP contribution in [0.25, 0.3) is 0 Å². The Morgan fingerprint density at radius 1 is 1.43 bits per heavy atom. The normalized spacial score (nSPS) is 13.0. The van der Waals surface area contributed by atoms with Crippen molar-refractivity contribution >= 4 is 38.0 Å². The minimum Gasteiger partial charge on any atom is -0.232 e. The second-order valence-corrected chi connectivity index (χ2v) is 9.31. The number of halogens is 4. The van der Waals surface area contributed by atoms with E-state index in [1.807, 2.05) is 20.8 Å². The molecule has 0 saturated heterocycles. The molecule has 9 heteroatoms. The third-order valence-corrected chi connectivity index (χ3v) is 6.06. The van der Waals surface area contributed by atoms with Gasteiger partial charge in [0.15, 0.2) is 10.2 Å². The SMILES string of the molecule is CC(C)(C)c1nc(S(CCC(F)=C(F)F)=NC#N)sc1Br. The monoisotopic (exact) mass is 399 g/mol. The molecule has 0 aliphatic carbocycles. The number of hydrogen-bond donors (Lipinski definition) is 0. The quantitative estimate of drug-likeness (QED) is 0.643. The second kappa shape index (κ2) is 7.51. The largest absolute Gasteiger partial charge is 0.301 e. The number of nitrogens with zero attached hydrogens (tertiary/aromatic N) is 3. The maximum atomic E-state index is 12.9. The molecule has 0 aliphatic rings. The van der Waals surface area contributed by atoms with E-state index in [9.17, 15) is 13.2 Å². The van der Waals surface area contributed by atoms with E-state index in [2.05, 4.69) is 25.3 Å². The van der Waals surface area contributed by atoms with Crippen LogP contribution in [0.15, 0.2) is 24.4 Å². The molecule has 0 fully saturated rings. The van der Waals surface area contributed by atoms with E-state index < -0.39 is 29.0 Å². The average molecular weight is 400 g/mol. The minimum absolute atomic E-state index is 0.000267. The summed E-state index contributed by atoms with van der Waals surface area (Å²) in [6.07, 6.45) is -1.14. The molecule has 3 nitrogen and oxygen atoms in total. The summed E-state index contributed by atoms with van der Waals surface area (Å²) in [5.41, 5.74) is 0.603. The van der Waals surface area contributed by atoms with Gasteiger partial charge in [-0.3, -0.25) is 0 Å². The van der Waals surface area contributed by atoms with Gasteiger partial charge in [-0.2, -0.15) is 14.0 Å². The predicted molar refractivity (Wildman–Crippen MR) is 82.0 cm³/mol. The summed E-state index contributed by atoms with van der Waals surface area (Å²) in [5.74, 6) is -1.47. The molecule has 0 radical (unpaired) electrons. The Labute approximate surface area is 136 Å². The number of nitriles is 1. The molecular formula is C12H13BrF3N3S2. The standard InChI is InChI=1S/C12H13BrF3N3S2/c1-12(2,3)8-9(13)20-11(19-8)21(18-6-17)5-4-7(14)10(15)16/h4-5H2,1-3H3. The van der Waals surface area contributed by atoms with Crippen LogP contribution in [0.5, 0.6) is 0 Å². The Balaban J connectivity index is 3.07. The topological polar surface area (TPSA) is 49.0 Å². The summed E-state index contributed by atoms with van der Waals surface area (Å²) in [4.78, 5) is 4.44. The van der Waals surface area contributed by atoms with Gasteiger partial charge in [0.25, 0.3) is 0 Å². The van der Waals surface area contributed by atoms with Gasteiger partial charge >= 0.3 is 6.08 Å². The van der Waals surface area contributed by atoms with Gasteiger partial charge in [0.2, 0.25) is 6.19 Å². The molecule has 21 heavy (non-hydrogen) atoms. The number of hydrogen-bond acceptors (Lipinski definition) is 4. The van der Waals surface area contributed by atoms with Crippen LogP contribution in [0, 0.1) is 11.5 Å². The van der Waals surface area contributed by atoms with Crippen molar-refractivity contribution in [3.05, 3.63) is 21.4 Å². The molecule has 0 saturated carbocycles. The van der Waals surface area contributed by atoms with Crippen LogP contribution in [0.4, 0.5) is 13.2 Å². The van der Waals surface area contributed by atoms with Crippen molar-refractivity contribution in [3.63, 3.8) is 0 Å². The first-order chi connectivity index (χ1) is 9.66. The maximum absolute atomic E-state index is 12.9. The summed E-state index contributed by atoms with van der Waals surface area (Å²) in [6.45, 7) is 5.95. The van der Waals surface area contributed by atoms with Crippen LogP contribution < -0.4 is 0 Å². The minimum atomic E-state index is -2.33. The number of aromatic nitrogens is 1. The Kier molecular flexibility index (Phi) is 6.56. The molecule has 1 heterocycles. The Hall–Kier alpha value is -0.720. The average Bonchev–Trinajstić information content (AvgIpc) is 2.75. The van der Waals surface area contributed by atoms with Crippen molar-refractivity contribution in [2.75, 3.05) is 5.75 Å². The Morgan fingerprint density at radius 2 is 2.05 bits per heavy atom. The highest BCUT2D eigenvalue weighted by Crippen LogP contribution is 2.35. The lowest BCUT2D eigenvalue weighted by Gasteiger charge is -2.15. The van der Waals surface area contributed by atoms with Crippen molar-refractivity contribution in [2.24, 2.45) is 4.36 Å². The smallest absolute Gasteiger partial charge is 0.232 e. The zero-order chi connectivity index (χ0) is 16.2.